The van der Waals surface area contributed by atoms with E-state index in [4.69, 9.17) is 18.9 Å². The highest BCUT2D eigenvalue weighted by atomic mass is 16.5. The van der Waals surface area contributed by atoms with Gasteiger partial charge in [-0.3, -0.25) is 0 Å². The third kappa shape index (κ3) is 5.05. The highest BCUT2D eigenvalue weighted by Gasteiger charge is 2.21. The minimum Gasteiger partial charge on any atom is -0.504 e. The van der Waals surface area contributed by atoms with Gasteiger partial charge in [0, 0.05) is 5.56 Å². The lowest BCUT2D eigenvalue weighted by Crippen LogP contribution is -1.97. The van der Waals surface area contributed by atoms with Gasteiger partial charge in [-0.2, -0.15) is 0 Å². The lowest BCUT2D eigenvalue weighted by Gasteiger charge is -2.18. The van der Waals surface area contributed by atoms with E-state index < -0.39 is 0 Å². The molecule has 0 saturated carbocycles. The maximum atomic E-state index is 11.1. The Morgan fingerprint density at radius 3 is 1.68 bits per heavy atom. The number of ether oxygens (including phenoxy) is 4. The molecule has 3 aromatic rings. The number of phenols is 1. The minimum atomic E-state index is 0.0328. The summed E-state index contributed by atoms with van der Waals surface area (Å²) in [5.74, 6) is 2.58. The Kier molecular flexibility index (Phi) is 7.65. The van der Waals surface area contributed by atoms with Gasteiger partial charge in [-0.05, 0) is 54.3 Å². The Morgan fingerprint density at radius 1 is 0.710 bits per heavy atom. The Labute approximate surface area is 184 Å². The largest absolute Gasteiger partial charge is 0.504 e. The molecule has 0 aromatic heterocycles. The van der Waals surface area contributed by atoms with Crippen molar-refractivity contribution in [3.63, 3.8) is 0 Å². The smallest absolute Gasteiger partial charge is 0.170 e. The SMILES string of the molecule is CCCOc1ccc(-c2cc(OC)c(-c3ccc(OCCC)cc3)c(O)c2OC)cc1. The molecule has 0 bridgehead atoms. The molecule has 31 heavy (non-hydrogen) atoms. The monoisotopic (exact) mass is 422 g/mol. The fourth-order valence-corrected chi connectivity index (χ4v) is 3.38. The fraction of sp³-hybridized carbons (Fsp3) is 0.308. The van der Waals surface area contributed by atoms with E-state index in [0.29, 0.717) is 30.3 Å². The molecule has 0 aliphatic heterocycles. The summed E-state index contributed by atoms with van der Waals surface area (Å²) in [7, 11) is 3.14. The van der Waals surface area contributed by atoms with Crippen LogP contribution in [-0.4, -0.2) is 32.5 Å². The number of methoxy groups -OCH3 is 2. The molecule has 0 unspecified atom stereocenters. The van der Waals surface area contributed by atoms with E-state index >= 15 is 0 Å². The van der Waals surface area contributed by atoms with Crippen molar-refractivity contribution in [1.82, 2.24) is 0 Å². The summed E-state index contributed by atoms with van der Waals surface area (Å²) in [6, 6.07) is 17.2. The van der Waals surface area contributed by atoms with Crippen LogP contribution in [0.2, 0.25) is 0 Å². The molecule has 5 heteroatoms. The number of aromatic hydroxyl groups is 1. The van der Waals surface area contributed by atoms with Gasteiger partial charge < -0.3 is 24.1 Å². The summed E-state index contributed by atoms with van der Waals surface area (Å²) in [6.45, 7) is 5.48. The lowest BCUT2D eigenvalue weighted by molar-refractivity contribution is 0.317. The minimum absolute atomic E-state index is 0.0328. The van der Waals surface area contributed by atoms with Gasteiger partial charge in [-0.25, -0.2) is 0 Å². The van der Waals surface area contributed by atoms with E-state index in [0.717, 1.165) is 41.0 Å². The lowest BCUT2D eigenvalue weighted by atomic mass is 9.96. The predicted molar refractivity (Wildman–Crippen MR) is 124 cm³/mol. The molecule has 0 atom stereocenters. The van der Waals surface area contributed by atoms with Gasteiger partial charge in [0.2, 0.25) is 0 Å². The zero-order chi connectivity index (χ0) is 22.2. The summed E-state index contributed by atoms with van der Waals surface area (Å²) < 4.78 is 22.6. The second-order valence-corrected chi connectivity index (χ2v) is 7.13. The molecule has 0 saturated heterocycles. The van der Waals surface area contributed by atoms with E-state index in [1.807, 2.05) is 54.6 Å². The van der Waals surface area contributed by atoms with Crippen molar-refractivity contribution in [2.24, 2.45) is 0 Å². The second-order valence-electron chi connectivity index (χ2n) is 7.13. The Morgan fingerprint density at radius 2 is 1.23 bits per heavy atom. The first-order chi connectivity index (χ1) is 15.1. The molecule has 164 valence electrons. The van der Waals surface area contributed by atoms with Crippen LogP contribution < -0.4 is 18.9 Å². The van der Waals surface area contributed by atoms with Crippen LogP contribution in [0.4, 0.5) is 0 Å². The zero-order valence-corrected chi connectivity index (χ0v) is 18.6. The maximum Gasteiger partial charge on any atom is 0.170 e. The number of phenolic OH excluding ortho intramolecular Hbond substituents is 1. The Bertz CT molecular complexity index is 978. The van der Waals surface area contributed by atoms with Gasteiger partial charge in [0.25, 0.3) is 0 Å². The molecule has 0 heterocycles. The number of hydrogen-bond acceptors (Lipinski definition) is 5. The molecule has 3 rings (SSSR count). The van der Waals surface area contributed by atoms with Crippen LogP contribution in [0.5, 0.6) is 28.7 Å². The highest BCUT2D eigenvalue weighted by molar-refractivity contribution is 5.87. The maximum absolute atomic E-state index is 11.1. The summed E-state index contributed by atoms with van der Waals surface area (Å²) in [4.78, 5) is 0. The van der Waals surface area contributed by atoms with Crippen LogP contribution >= 0.6 is 0 Å². The van der Waals surface area contributed by atoms with Crippen molar-refractivity contribution >= 4 is 0 Å². The first-order valence-electron chi connectivity index (χ1n) is 10.6. The van der Waals surface area contributed by atoms with E-state index in [-0.39, 0.29) is 5.75 Å². The molecular formula is C26H30O5. The van der Waals surface area contributed by atoms with Crippen molar-refractivity contribution < 1.29 is 24.1 Å². The molecule has 0 spiro atoms. The fourth-order valence-electron chi connectivity index (χ4n) is 3.38. The van der Waals surface area contributed by atoms with Crippen molar-refractivity contribution in [2.75, 3.05) is 27.4 Å². The topological polar surface area (TPSA) is 57.2 Å². The Balaban J connectivity index is 2.02. The van der Waals surface area contributed by atoms with Gasteiger partial charge in [0.1, 0.15) is 17.2 Å². The van der Waals surface area contributed by atoms with Gasteiger partial charge in [-0.15, -0.1) is 0 Å². The Hall–Kier alpha value is -3.34. The molecule has 0 aliphatic rings. The van der Waals surface area contributed by atoms with Gasteiger partial charge >= 0.3 is 0 Å². The average molecular weight is 423 g/mol. The summed E-state index contributed by atoms with van der Waals surface area (Å²) >= 11 is 0. The predicted octanol–water partition coefficient (Wildman–Crippen LogP) is 6.32. The van der Waals surface area contributed by atoms with Crippen LogP contribution in [0.3, 0.4) is 0 Å². The first kappa shape index (κ1) is 22.3. The number of rotatable bonds is 10. The third-order valence-corrected chi connectivity index (χ3v) is 4.90. The van der Waals surface area contributed by atoms with Crippen LogP contribution in [-0.2, 0) is 0 Å². The van der Waals surface area contributed by atoms with Crippen LogP contribution in [0.15, 0.2) is 54.6 Å². The van der Waals surface area contributed by atoms with Gasteiger partial charge in [-0.1, -0.05) is 38.1 Å². The standard InChI is InChI=1S/C26H30O5/c1-5-15-30-20-11-7-18(8-12-20)22-17-23(28-3)24(25(27)26(22)29-4)19-9-13-21(14-10-19)31-16-6-2/h7-14,17,27H,5-6,15-16H2,1-4H3. The molecule has 5 nitrogen and oxygen atoms in total. The molecule has 0 aliphatic carbocycles. The van der Waals surface area contributed by atoms with E-state index in [9.17, 15) is 5.11 Å². The molecule has 0 amide bonds. The normalized spacial score (nSPS) is 10.6. The third-order valence-electron chi connectivity index (χ3n) is 4.90. The van der Waals surface area contributed by atoms with Crippen molar-refractivity contribution in [3.05, 3.63) is 54.6 Å². The van der Waals surface area contributed by atoms with Crippen molar-refractivity contribution in [2.45, 2.75) is 26.7 Å². The van der Waals surface area contributed by atoms with Crippen LogP contribution in [0.1, 0.15) is 26.7 Å². The second kappa shape index (κ2) is 10.6. The van der Waals surface area contributed by atoms with E-state index in [1.54, 1.807) is 14.2 Å². The van der Waals surface area contributed by atoms with Crippen LogP contribution in [0, 0.1) is 0 Å². The van der Waals surface area contributed by atoms with Crippen LogP contribution in [0.25, 0.3) is 22.3 Å². The average Bonchev–Trinajstić information content (AvgIpc) is 2.81. The molecule has 0 fully saturated rings. The van der Waals surface area contributed by atoms with Gasteiger partial charge in [0.15, 0.2) is 11.5 Å². The molecule has 0 radical (unpaired) electrons. The quantitative estimate of drug-likeness (QED) is 0.414. The molecular weight excluding hydrogens is 392 g/mol. The zero-order valence-electron chi connectivity index (χ0n) is 18.6. The summed E-state index contributed by atoms with van der Waals surface area (Å²) in [6.07, 6.45) is 1.90. The van der Waals surface area contributed by atoms with Gasteiger partial charge in [0.05, 0.1) is 33.0 Å². The summed E-state index contributed by atoms with van der Waals surface area (Å²) in [5, 5.41) is 11.1. The molecule has 3 aromatic carbocycles. The van der Waals surface area contributed by atoms with E-state index in [1.165, 1.54) is 0 Å². The first-order valence-corrected chi connectivity index (χ1v) is 10.6. The number of hydrogen-bond donors (Lipinski definition) is 1. The van der Waals surface area contributed by atoms with Crippen molar-refractivity contribution in [3.8, 4) is 51.0 Å². The highest BCUT2D eigenvalue weighted by Crippen LogP contribution is 2.49. The summed E-state index contributed by atoms with van der Waals surface area (Å²) in [5.41, 5.74) is 3.02. The number of benzene rings is 3. The molecule has 1 N–H and O–H groups in total. The van der Waals surface area contributed by atoms with Crippen molar-refractivity contribution in [1.29, 1.82) is 0 Å². The van der Waals surface area contributed by atoms with E-state index in [2.05, 4.69) is 13.8 Å².